The Bertz CT molecular complexity index is 860. The summed E-state index contributed by atoms with van der Waals surface area (Å²) in [7, 11) is -3.14. The highest BCUT2D eigenvalue weighted by Crippen LogP contribution is 2.42. The van der Waals surface area contributed by atoms with Crippen LogP contribution in [0, 0.1) is 6.92 Å². The fourth-order valence-corrected chi connectivity index (χ4v) is 8.26. The van der Waals surface area contributed by atoms with Gasteiger partial charge in [-0.25, -0.2) is 18.4 Å². The van der Waals surface area contributed by atoms with Crippen LogP contribution in [0.2, 0.25) is 0 Å². The minimum absolute atomic E-state index is 0.0235. The lowest BCUT2D eigenvalue weighted by Gasteiger charge is -2.13. The monoisotopic (exact) mass is 356 g/mol. The van der Waals surface area contributed by atoms with Crippen molar-refractivity contribution in [2.45, 2.75) is 42.6 Å². The van der Waals surface area contributed by atoms with Crippen LogP contribution in [-0.2, 0) is 22.7 Å². The van der Waals surface area contributed by atoms with Crippen LogP contribution in [0.3, 0.4) is 0 Å². The lowest BCUT2D eigenvalue weighted by Crippen LogP contribution is -2.20. The van der Waals surface area contributed by atoms with Crippen LogP contribution in [0.25, 0.3) is 10.2 Å². The molecule has 0 bridgehead atoms. The van der Waals surface area contributed by atoms with Crippen LogP contribution < -0.4 is 0 Å². The normalized spacial score (nSPS) is 26.6. The third-order valence-electron chi connectivity index (χ3n) is 4.18. The first-order chi connectivity index (χ1) is 10.4. The largest absolute Gasteiger partial charge is 0.391 e. The number of aromatic nitrogens is 2. The summed E-state index contributed by atoms with van der Waals surface area (Å²) in [6.45, 7) is 1.86. The third kappa shape index (κ3) is 2.46. The van der Waals surface area contributed by atoms with E-state index in [2.05, 4.69) is 9.97 Å². The van der Waals surface area contributed by atoms with Crippen LogP contribution in [0.5, 0.6) is 0 Å². The highest BCUT2D eigenvalue weighted by Gasteiger charge is 2.38. The Morgan fingerprint density at radius 3 is 2.82 bits per heavy atom. The second kappa shape index (κ2) is 5.15. The van der Waals surface area contributed by atoms with Crippen LogP contribution in [0.15, 0.2) is 5.03 Å². The van der Waals surface area contributed by atoms with E-state index in [4.69, 9.17) is 0 Å². The molecule has 0 unspecified atom stereocenters. The molecule has 118 valence electrons. The summed E-state index contributed by atoms with van der Waals surface area (Å²) < 4.78 is 23.4. The van der Waals surface area contributed by atoms with E-state index in [0.29, 0.717) is 5.82 Å². The van der Waals surface area contributed by atoms with Gasteiger partial charge in [-0.3, -0.25) is 0 Å². The van der Waals surface area contributed by atoms with Gasteiger partial charge < -0.3 is 5.11 Å². The van der Waals surface area contributed by atoms with E-state index in [1.807, 2.05) is 6.92 Å². The molecule has 0 spiro atoms. The fraction of sp³-hybridized carbons (Fsp3) is 0.571. The van der Waals surface area contributed by atoms with Gasteiger partial charge in [0.1, 0.15) is 15.7 Å². The predicted octanol–water partition coefficient (Wildman–Crippen LogP) is 1.74. The second-order valence-corrected chi connectivity index (χ2v) is 10.4. The fourth-order valence-electron chi connectivity index (χ4n) is 3.20. The molecular formula is C14H16N2O3S3. The van der Waals surface area contributed by atoms with Gasteiger partial charge in [-0.05, 0) is 31.7 Å². The van der Waals surface area contributed by atoms with Gasteiger partial charge in [-0.1, -0.05) is 11.8 Å². The predicted molar refractivity (Wildman–Crippen MR) is 88.5 cm³/mol. The van der Waals surface area contributed by atoms with Crippen molar-refractivity contribution < 1.29 is 13.5 Å². The molecule has 2 aliphatic rings. The zero-order valence-electron chi connectivity index (χ0n) is 12.1. The lowest BCUT2D eigenvalue weighted by molar-refractivity contribution is 0.207. The molecule has 1 saturated heterocycles. The standard InChI is InChI=1S/C14H16N2O3S3/c1-7-15-13-12(8-3-2-4-10(8)20-13)14(16-7)21-11-6-22(18,19)5-9(11)17/h9,11,17H,2-6H2,1H3/t9-,11-/m1/s1. The second-order valence-electron chi connectivity index (χ2n) is 5.91. The molecule has 4 rings (SSSR count). The molecule has 2 aromatic rings. The number of aryl methyl sites for hydroxylation is 3. The summed E-state index contributed by atoms with van der Waals surface area (Å²) in [5.74, 6) is 0.584. The van der Waals surface area contributed by atoms with Crippen molar-refractivity contribution in [3.8, 4) is 0 Å². The first-order valence-corrected chi connectivity index (χ1v) is 10.8. The number of thioether (sulfide) groups is 1. The number of aliphatic hydroxyl groups excluding tert-OH is 1. The Morgan fingerprint density at radius 2 is 2.09 bits per heavy atom. The number of sulfone groups is 1. The van der Waals surface area contributed by atoms with Crippen LogP contribution >= 0.6 is 23.1 Å². The van der Waals surface area contributed by atoms with Gasteiger partial charge in [-0.15, -0.1) is 11.3 Å². The quantitative estimate of drug-likeness (QED) is 0.826. The Morgan fingerprint density at radius 1 is 1.27 bits per heavy atom. The zero-order valence-corrected chi connectivity index (χ0v) is 14.5. The van der Waals surface area contributed by atoms with Gasteiger partial charge in [-0.2, -0.15) is 0 Å². The number of rotatable bonds is 2. The van der Waals surface area contributed by atoms with Crippen LogP contribution in [-0.4, -0.2) is 46.4 Å². The molecule has 8 heteroatoms. The van der Waals surface area contributed by atoms with E-state index in [9.17, 15) is 13.5 Å². The van der Waals surface area contributed by atoms with Crippen molar-refractivity contribution in [3.63, 3.8) is 0 Å². The topological polar surface area (TPSA) is 80.2 Å². The Hall–Kier alpha value is -0.700. The van der Waals surface area contributed by atoms with Crippen molar-refractivity contribution in [3.05, 3.63) is 16.3 Å². The van der Waals surface area contributed by atoms with Crippen molar-refractivity contribution in [1.82, 2.24) is 9.97 Å². The number of aliphatic hydroxyl groups is 1. The molecule has 22 heavy (non-hydrogen) atoms. The first kappa shape index (κ1) is 14.9. The highest BCUT2D eigenvalue weighted by atomic mass is 32.2. The summed E-state index contributed by atoms with van der Waals surface area (Å²) >= 11 is 3.13. The molecule has 1 aliphatic heterocycles. The Kier molecular flexibility index (Phi) is 3.48. The molecule has 0 radical (unpaired) electrons. The van der Waals surface area contributed by atoms with Gasteiger partial charge >= 0.3 is 0 Å². The first-order valence-electron chi connectivity index (χ1n) is 7.27. The van der Waals surface area contributed by atoms with Crippen molar-refractivity contribution in [2.75, 3.05) is 11.5 Å². The molecular weight excluding hydrogens is 340 g/mol. The summed E-state index contributed by atoms with van der Waals surface area (Å²) in [5.41, 5.74) is 1.33. The van der Waals surface area contributed by atoms with Crippen LogP contribution in [0.1, 0.15) is 22.7 Å². The van der Waals surface area contributed by atoms with Gasteiger partial charge in [0.15, 0.2) is 9.84 Å². The van der Waals surface area contributed by atoms with E-state index in [1.54, 1.807) is 11.3 Å². The van der Waals surface area contributed by atoms with Crippen molar-refractivity contribution >= 4 is 43.2 Å². The maximum Gasteiger partial charge on any atom is 0.154 e. The van der Waals surface area contributed by atoms with Gasteiger partial charge in [0, 0.05) is 10.3 Å². The number of fused-ring (bicyclic) bond motifs is 3. The molecule has 5 nitrogen and oxygen atoms in total. The summed E-state index contributed by atoms with van der Waals surface area (Å²) in [5, 5.41) is 11.6. The number of hydrogen-bond acceptors (Lipinski definition) is 7. The molecule has 0 saturated carbocycles. The highest BCUT2D eigenvalue weighted by molar-refractivity contribution is 8.02. The van der Waals surface area contributed by atoms with E-state index in [1.165, 1.54) is 22.2 Å². The maximum atomic E-state index is 11.7. The average molecular weight is 356 g/mol. The average Bonchev–Trinajstić information content (AvgIpc) is 3.02. The molecule has 1 aliphatic carbocycles. The smallest absolute Gasteiger partial charge is 0.154 e. The van der Waals surface area contributed by atoms with Gasteiger partial charge in [0.2, 0.25) is 0 Å². The molecule has 2 atom stereocenters. The maximum absolute atomic E-state index is 11.7. The Labute approximate surface area is 137 Å². The summed E-state index contributed by atoms with van der Waals surface area (Å²) in [4.78, 5) is 11.5. The van der Waals surface area contributed by atoms with E-state index < -0.39 is 15.9 Å². The summed E-state index contributed by atoms with van der Waals surface area (Å²) in [6.07, 6.45) is 2.49. The number of thiophene rings is 1. The lowest BCUT2D eigenvalue weighted by atomic mass is 10.2. The zero-order chi connectivity index (χ0) is 15.5. The molecule has 0 aromatic carbocycles. The molecule has 1 N–H and O–H groups in total. The minimum Gasteiger partial charge on any atom is -0.391 e. The number of nitrogens with zero attached hydrogens (tertiary/aromatic N) is 2. The Balaban J connectivity index is 1.78. The number of hydrogen-bond donors (Lipinski definition) is 1. The van der Waals surface area contributed by atoms with Gasteiger partial charge in [0.05, 0.1) is 22.9 Å². The van der Waals surface area contributed by atoms with E-state index in [-0.39, 0.29) is 16.8 Å². The molecule has 0 amide bonds. The van der Waals surface area contributed by atoms with E-state index >= 15 is 0 Å². The molecule has 2 aromatic heterocycles. The summed E-state index contributed by atoms with van der Waals surface area (Å²) in [6, 6.07) is 0. The molecule has 3 heterocycles. The SMILES string of the molecule is Cc1nc(S[C@@H]2CS(=O)(=O)C[C@H]2O)c2c3c(sc2n1)CCC3. The van der Waals surface area contributed by atoms with Crippen molar-refractivity contribution in [1.29, 1.82) is 0 Å². The van der Waals surface area contributed by atoms with E-state index in [0.717, 1.165) is 34.5 Å². The van der Waals surface area contributed by atoms with Crippen molar-refractivity contribution in [2.24, 2.45) is 0 Å². The van der Waals surface area contributed by atoms with Gasteiger partial charge in [0.25, 0.3) is 0 Å². The van der Waals surface area contributed by atoms with Crippen LogP contribution in [0.4, 0.5) is 0 Å². The third-order valence-corrected chi connectivity index (χ3v) is 8.59. The molecule has 1 fully saturated rings. The minimum atomic E-state index is -3.14.